The van der Waals surface area contributed by atoms with Crippen LogP contribution in [0.15, 0.2) is 23.1 Å². The average Bonchev–Trinajstić information content (AvgIpc) is 2.35. The van der Waals surface area contributed by atoms with Crippen molar-refractivity contribution in [2.75, 3.05) is 11.5 Å². The Morgan fingerprint density at radius 2 is 2.11 bits per heavy atom. The third-order valence-electron chi connectivity index (χ3n) is 2.42. The lowest BCUT2D eigenvalue weighted by atomic mass is 10.2. The Labute approximate surface area is 110 Å². The summed E-state index contributed by atoms with van der Waals surface area (Å²) in [5, 5.41) is 0. The molecule has 18 heavy (non-hydrogen) atoms. The van der Waals surface area contributed by atoms with Gasteiger partial charge in [0.05, 0.1) is 0 Å². The van der Waals surface area contributed by atoms with Crippen molar-refractivity contribution in [2.24, 2.45) is 5.84 Å². The van der Waals surface area contributed by atoms with E-state index in [9.17, 15) is 9.18 Å². The number of halogens is 1. The maximum atomic E-state index is 13.4. The predicted molar refractivity (Wildman–Crippen MR) is 72.3 cm³/mol. The standard InChI is InChI=1S/C12H18FN3OS/c13-10-8-9(14)5-6-11(10)18-7-3-1-2-4-12(17)16-15/h5-6,8H,1-4,7,14-15H2,(H,16,17). The van der Waals surface area contributed by atoms with Crippen LogP contribution < -0.4 is 17.0 Å². The van der Waals surface area contributed by atoms with Crippen molar-refractivity contribution < 1.29 is 9.18 Å². The van der Waals surface area contributed by atoms with E-state index >= 15 is 0 Å². The number of nitrogens with two attached hydrogens (primary N) is 2. The molecule has 0 saturated heterocycles. The van der Waals surface area contributed by atoms with Gasteiger partial charge < -0.3 is 5.73 Å². The Balaban J connectivity index is 2.16. The molecule has 0 aliphatic heterocycles. The first-order chi connectivity index (χ1) is 8.63. The van der Waals surface area contributed by atoms with E-state index in [-0.39, 0.29) is 11.7 Å². The van der Waals surface area contributed by atoms with Crippen LogP contribution in [0.2, 0.25) is 0 Å². The maximum absolute atomic E-state index is 13.4. The molecule has 0 aliphatic carbocycles. The van der Waals surface area contributed by atoms with Crippen molar-refractivity contribution in [1.82, 2.24) is 5.43 Å². The maximum Gasteiger partial charge on any atom is 0.233 e. The first-order valence-electron chi connectivity index (χ1n) is 5.80. The molecular weight excluding hydrogens is 253 g/mol. The highest BCUT2D eigenvalue weighted by Crippen LogP contribution is 2.24. The van der Waals surface area contributed by atoms with Crippen molar-refractivity contribution in [3.8, 4) is 0 Å². The van der Waals surface area contributed by atoms with Gasteiger partial charge in [-0.15, -0.1) is 11.8 Å². The summed E-state index contributed by atoms with van der Waals surface area (Å²) in [6.45, 7) is 0. The second-order valence-electron chi connectivity index (χ2n) is 3.92. The molecule has 0 radical (unpaired) electrons. The van der Waals surface area contributed by atoms with Crippen LogP contribution in [0.25, 0.3) is 0 Å². The van der Waals surface area contributed by atoms with Gasteiger partial charge in [-0.2, -0.15) is 0 Å². The van der Waals surface area contributed by atoms with E-state index < -0.39 is 0 Å². The van der Waals surface area contributed by atoms with Crippen molar-refractivity contribution in [1.29, 1.82) is 0 Å². The van der Waals surface area contributed by atoms with Crippen molar-refractivity contribution in [3.05, 3.63) is 24.0 Å². The van der Waals surface area contributed by atoms with Crippen LogP contribution in [0.4, 0.5) is 10.1 Å². The van der Waals surface area contributed by atoms with Gasteiger partial charge in [-0.3, -0.25) is 10.2 Å². The zero-order valence-corrected chi connectivity index (χ0v) is 10.9. The highest BCUT2D eigenvalue weighted by Gasteiger charge is 2.03. The molecule has 0 unspecified atom stereocenters. The molecule has 0 atom stereocenters. The number of hydrogen-bond donors (Lipinski definition) is 3. The smallest absolute Gasteiger partial charge is 0.233 e. The van der Waals surface area contributed by atoms with E-state index in [1.54, 1.807) is 12.1 Å². The normalized spacial score (nSPS) is 10.3. The lowest BCUT2D eigenvalue weighted by molar-refractivity contribution is -0.121. The molecule has 1 aromatic carbocycles. The van der Waals surface area contributed by atoms with Crippen LogP contribution in [0.1, 0.15) is 25.7 Å². The third-order valence-corrected chi connectivity index (χ3v) is 3.56. The van der Waals surface area contributed by atoms with Gasteiger partial charge in [-0.05, 0) is 36.8 Å². The van der Waals surface area contributed by atoms with E-state index in [4.69, 9.17) is 11.6 Å². The minimum absolute atomic E-state index is 0.146. The summed E-state index contributed by atoms with van der Waals surface area (Å²) < 4.78 is 13.4. The SMILES string of the molecule is NNC(=O)CCCCCSc1ccc(N)cc1F. The van der Waals surface area contributed by atoms with E-state index in [0.717, 1.165) is 25.0 Å². The predicted octanol–water partition coefficient (Wildman–Crippen LogP) is 2.05. The summed E-state index contributed by atoms with van der Waals surface area (Å²) in [6, 6.07) is 4.71. The fraction of sp³-hybridized carbons (Fsp3) is 0.417. The molecule has 1 aromatic rings. The van der Waals surface area contributed by atoms with Gasteiger partial charge in [-0.1, -0.05) is 6.42 Å². The molecule has 1 amide bonds. The van der Waals surface area contributed by atoms with Gasteiger partial charge in [0.15, 0.2) is 0 Å². The Hall–Kier alpha value is -1.27. The minimum Gasteiger partial charge on any atom is -0.399 e. The van der Waals surface area contributed by atoms with Gasteiger partial charge >= 0.3 is 0 Å². The summed E-state index contributed by atoms with van der Waals surface area (Å²) >= 11 is 1.46. The molecule has 1 rings (SSSR count). The van der Waals surface area contributed by atoms with Crippen molar-refractivity contribution >= 4 is 23.4 Å². The summed E-state index contributed by atoms with van der Waals surface area (Å²) in [6.07, 6.45) is 3.11. The first-order valence-corrected chi connectivity index (χ1v) is 6.79. The van der Waals surface area contributed by atoms with Gasteiger partial charge in [0.1, 0.15) is 5.82 Å². The molecule has 100 valence electrons. The Morgan fingerprint density at radius 1 is 1.33 bits per heavy atom. The number of carbonyl (C=O) groups is 1. The lowest BCUT2D eigenvalue weighted by Gasteiger charge is -2.04. The molecule has 0 heterocycles. The van der Waals surface area contributed by atoms with E-state index in [1.165, 1.54) is 17.8 Å². The molecule has 0 fully saturated rings. The summed E-state index contributed by atoms with van der Waals surface area (Å²) in [7, 11) is 0. The number of unbranched alkanes of at least 4 members (excludes halogenated alkanes) is 2. The number of amides is 1. The van der Waals surface area contributed by atoms with Crippen molar-refractivity contribution in [2.45, 2.75) is 30.6 Å². The summed E-state index contributed by atoms with van der Waals surface area (Å²) in [4.78, 5) is 11.5. The number of rotatable bonds is 7. The lowest BCUT2D eigenvalue weighted by Crippen LogP contribution is -2.29. The van der Waals surface area contributed by atoms with Crippen LogP contribution in [0, 0.1) is 5.82 Å². The zero-order chi connectivity index (χ0) is 13.4. The second kappa shape index (κ2) is 7.94. The molecular formula is C12H18FN3OS. The van der Waals surface area contributed by atoms with E-state index in [0.29, 0.717) is 17.0 Å². The number of carbonyl (C=O) groups excluding carboxylic acids is 1. The Bertz CT molecular complexity index is 401. The number of hydrogen-bond acceptors (Lipinski definition) is 4. The van der Waals surface area contributed by atoms with E-state index in [2.05, 4.69) is 5.43 Å². The number of nitrogens with one attached hydrogen (secondary N) is 1. The quantitative estimate of drug-likeness (QED) is 0.177. The van der Waals surface area contributed by atoms with Crippen LogP contribution in [0.5, 0.6) is 0 Å². The largest absolute Gasteiger partial charge is 0.399 e. The molecule has 4 nitrogen and oxygen atoms in total. The Kier molecular flexibility index (Phi) is 6.53. The number of hydrazine groups is 1. The molecule has 0 aromatic heterocycles. The first kappa shape index (κ1) is 14.8. The van der Waals surface area contributed by atoms with E-state index in [1.807, 2.05) is 0 Å². The number of benzene rings is 1. The van der Waals surface area contributed by atoms with Crippen LogP contribution in [-0.2, 0) is 4.79 Å². The molecule has 0 aliphatic rings. The van der Waals surface area contributed by atoms with Crippen LogP contribution in [-0.4, -0.2) is 11.7 Å². The van der Waals surface area contributed by atoms with Crippen LogP contribution in [0.3, 0.4) is 0 Å². The average molecular weight is 271 g/mol. The zero-order valence-electron chi connectivity index (χ0n) is 10.1. The van der Waals surface area contributed by atoms with Gasteiger partial charge in [-0.25, -0.2) is 10.2 Å². The number of thioether (sulfide) groups is 1. The van der Waals surface area contributed by atoms with Gasteiger partial charge in [0.2, 0.25) is 5.91 Å². The topological polar surface area (TPSA) is 81.1 Å². The highest BCUT2D eigenvalue weighted by atomic mass is 32.2. The molecule has 5 N–H and O–H groups in total. The highest BCUT2D eigenvalue weighted by molar-refractivity contribution is 7.99. The third kappa shape index (κ3) is 5.37. The number of nitrogen functional groups attached to an aromatic ring is 1. The number of anilines is 1. The molecule has 0 spiro atoms. The fourth-order valence-corrected chi connectivity index (χ4v) is 2.38. The monoisotopic (exact) mass is 271 g/mol. The van der Waals surface area contributed by atoms with Crippen molar-refractivity contribution in [3.63, 3.8) is 0 Å². The molecule has 6 heteroatoms. The molecule has 0 bridgehead atoms. The van der Waals surface area contributed by atoms with Gasteiger partial charge in [0, 0.05) is 17.0 Å². The second-order valence-corrected chi connectivity index (χ2v) is 5.05. The summed E-state index contributed by atoms with van der Waals surface area (Å²) in [5.74, 6) is 5.37. The molecule has 0 saturated carbocycles. The van der Waals surface area contributed by atoms with Crippen LogP contribution >= 0.6 is 11.8 Å². The summed E-state index contributed by atoms with van der Waals surface area (Å²) in [5.41, 5.74) is 7.99. The Morgan fingerprint density at radius 3 is 2.78 bits per heavy atom. The van der Waals surface area contributed by atoms with Gasteiger partial charge in [0.25, 0.3) is 0 Å². The fourth-order valence-electron chi connectivity index (χ4n) is 1.45. The minimum atomic E-state index is -0.275.